The Morgan fingerprint density at radius 2 is 1.77 bits per heavy atom. The Bertz CT molecular complexity index is 522. The fraction of sp³-hybridized carbons (Fsp3) is 0.438. The summed E-state index contributed by atoms with van der Waals surface area (Å²) in [5.74, 6) is -1.30. The van der Waals surface area contributed by atoms with E-state index in [1.54, 1.807) is 24.3 Å². The van der Waals surface area contributed by atoms with E-state index in [1.165, 1.54) is 0 Å². The van der Waals surface area contributed by atoms with Gasteiger partial charge in [-0.15, -0.1) is 0 Å². The third-order valence-electron chi connectivity index (χ3n) is 2.75. The molecule has 0 bridgehead atoms. The highest BCUT2D eigenvalue weighted by atomic mass is 16.5. The molecule has 6 heteroatoms. The molecule has 0 fully saturated rings. The first kappa shape index (κ1) is 17.7. The lowest BCUT2D eigenvalue weighted by molar-refractivity contribution is -0.137. The minimum Gasteiger partial charge on any atom is -0.481 e. The smallest absolute Gasteiger partial charge is 0.338 e. The molecule has 0 aliphatic heterocycles. The number of hydrogen-bond donors (Lipinski definition) is 2. The van der Waals surface area contributed by atoms with Crippen LogP contribution in [-0.4, -0.2) is 29.6 Å². The van der Waals surface area contributed by atoms with Crippen LogP contribution >= 0.6 is 0 Å². The van der Waals surface area contributed by atoms with Crippen LogP contribution in [0.1, 0.15) is 43.5 Å². The summed E-state index contributed by atoms with van der Waals surface area (Å²) in [6, 6.07) is 6.38. The fourth-order valence-corrected chi connectivity index (χ4v) is 1.64. The summed E-state index contributed by atoms with van der Waals surface area (Å²) in [6.07, 6.45) is 0.402. The number of nitrogens with one attached hydrogen (secondary N) is 1. The summed E-state index contributed by atoms with van der Waals surface area (Å²) in [5.41, 5.74) is 0.977. The zero-order chi connectivity index (χ0) is 16.5. The van der Waals surface area contributed by atoms with Crippen molar-refractivity contribution in [2.75, 3.05) is 11.9 Å². The van der Waals surface area contributed by atoms with Crippen LogP contribution in [-0.2, 0) is 14.3 Å². The van der Waals surface area contributed by atoms with Crippen molar-refractivity contribution in [1.82, 2.24) is 0 Å². The summed E-state index contributed by atoms with van der Waals surface area (Å²) in [4.78, 5) is 33.7. The molecule has 0 aliphatic carbocycles. The standard InChI is InChI=1S/C16H21NO5/c1-11(2)10-22-16(21)12-6-8-13(9-7-12)17-14(18)4-3-5-15(19)20/h6-9,11H,3-5,10H2,1-2H3,(H,17,18)(H,19,20). The topological polar surface area (TPSA) is 92.7 Å². The van der Waals surface area contributed by atoms with E-state index in [0.717, 1.165) is 0 Å². The van der Waals surface area contributed by atoms with Gasteiger partial charge < -0.3 is 15.2 Å². The van der Waals surface area contributed by atoms with Crippen LogP contribution in [0.2, 0.25) is 0 Å². The molecule has 0 aromatic heterocycles. The van der Waals surface area contributed by atoms with Crippen molar-refractivity contribution in [1.29, 1.82) is 0 Å². The van der Waals surface area contributed by atoms with Crippen LogP contribution in [0.4, 0.5) is 5.69 Å². The molecule has 0 spiro atoms. The average molecular weight is 307 g/mol. The maximum absolute atomic E-state index is 11.7. The first-order valence-electron chi connectivity index (χ1n) is 7.17. The van der Waals surface area contributed by atoms with Crippen LogP contribution in [0.25, 0.3) is 0 Å². The van der Waals surface area contributed by atoms with Gasteiger partial charge in [0.2, 0.25) is 5.91 Å². The molecule has 1 aromatic carbocycles. The third-order valence-corrected chi connectivity index (χ3v) is 2.75. The molecule has 0 unspecified atom stereocenters. The van der Waals surface area contributed by atoms with E-state index in [4.69, 9.17) is 9.84 Å². The van der Waals surface area contributed by atoms with E-state index in [9.17, 15) is 14.4 Å². The molecule has 1 amide bonds. The van der Waals surface area contributed by atoms with Crippen molar-refractivity contribution < 1.29 is 24.2 Å². The zero-order valence-corrected chi connectivity index (χ0v) is 12.8. The summed E-state index contributed by atoms with van der Waals surface area (Å²) >= 11 is 0. The molecule has 6 nitrogen and oxygen atoms in total. The summed E-state index contributed by atoms with van der Waals surface area (Å²) in [7, 11) is 0. The van der Waals surface area contributed by atoms with Crippen LogP contribution in [0.3, 0.4) is 0 Å². The Morgan fingerprint density at radius 3 is 2.32 bits per heavy atom. The zero-order valence-electron chi connectivity index (χ0n) is 12.8. The number of anilines is 1. The lowest BCUT2D eigenvalue weighted by Gasteiger charge is -2.08. The van der Waals surface area contributed by atoms with E-state index in [0.29, 0.717) is 24.3 Å². The van der Waals surface area contributed by atoms with E-state index >= 15 is 0 Å². The molecule has 0 saturated carbocycles. The van der Waals surface area contributed by atoms with Gasteiger partial charge in [-0.2, -0.15) is 0 Å². The first-order chi connectivity index (χ1) is 10.4. The van der Waals surface area contributed by atoms with Crippen LogP contribution in [0.5, 0.6) is 0 Å². The molecule has 0 atom stereocenters. The first-order valence-corrected chi connectivity index (χ1v) is 7.17. The Balaban J connectivity index is 2.45. The highest BCUT2D eigenvalue weighted by molar-refractivity contribution is 5.93. The normalized spacial score (nSPS) is 10.3. The average Bonchev–Trinajstić information content (AvgIpc) is 2.45. The summed E-state index contributed by atoms with van der Waals surface area (Å²) < 4.78 is 5.10. The Labute approximate surface area is 129 Å². The van der Waals surface area contributed by atoms with Gasteiger partial charge in [-0.05, 0) is 36.6 Å². The molecule has 0 saturated heterocycles. The van der Waals surface area contributed by atoms with Crippen molar-refractivity contribution in [3.63, 3.8) is 0 Å². The molecule has 0 heterocycles. The largest absolute Gasteiger partial charge is 0.481 e. The molecule has 0 radical (unpaired) electrons. The number of rotatable bonds is 8. The lowest BCUT2D eigenvalue weighted by atomic mass is 10.2. The lowest BCUT2D eigenvalue weighted by Crippen LogP contribution is -2.13. The quantitative estimate of drug-likeness (QED) is 0.720. The van der Waals surface area contributed by atoms with Gasteiger partial charge in [0.1, 0.15) is 0 Å². The number of ether oxygens (including phenoxy) is 1. The number of aliphatic carboxylic acids is 1. The summed E-state index contributed by atoms with van der Waals surface area (Å²) in [6.45, 7) is 4.27. The number of carbonyl (C=O) groups excluding carboxylic acids is 2. The van der Waals surface area contributed by atoms with Gasteiger partial charge in [0.15, 0.2) is 0 Å². The van der Waals surface area contributed by atoms with Crippen molar-refractivity contribution >= 4 is 23.5 Å². The van der Waals surface area contributed by atoms with Gasteiger partial charge in [-0.1, -0.05) is 13.8 Å². The Hall–Kier alpha value is -2.37. The third kappa shape index (κ3) is 6.88. The maximum Gasteiger partial charge on any atom is 0.338 e. The van der Waals surface area contributed by atoms with Crippen LogP contribution < -0.4 is 5.32 Å². The fourth-order valence-electron chi connectivity index (χ4n) is 1.64. The van der Waals surface area contributed by atoms with Crippen molar-refractivity contribution in [3.05, 3.63) is 29.8 Å². The van der Waals surface area contributed by atoms with E-state index in [2.05, 4.69) is 5.32 Å². The van der Waals surface area contributed by atoms with Gasteiger partial charge in [-0.25, -0.2) is 4.79 Å². The highest BCUT2D eigenvalue weighted by Gasteiger charge is 2.09. The molecule has 1 rings (SSSR count). The monoisotopic (exact) mass is 307 g/mol. The molecule has 0 aliphatic rings. The number of hydrogen-bond acceptors (Lipinski definition) is 4. The number of carboxylic acid groups (broad SMARTS) is 1. The molecular weight excluding hydrogens is 286 g/mol. The number of benzene rings is 1. The van der Waals surface area contributed by atoms with Crippen LogP contribution in [0, 0.1) is 5.92 Å². The maximum atomic E-state index is 11.7. The molecular formula is C16H21NO5. The minimum atomic E-state index is -0.919. The van der Waals surface area contributed by atoms with Gasteiger partial charge in [0, 0.05) is 18.5 Å². The second-order valence-electron chi connectivity index (χ2n) is 5.37. The van der Waals surface area contributed by atoms with Gasteiger partial charge in [0.25, 0.3) is 0 Å². The van der Waals surface area contributed by atoms with Crippen molar-refractivity contribution in [3.8, 4) is 0 Å². The number of amides is 1. The van der Waals surface area contributed by atoms with Crippen LogP contribution in [0.15, 0.2) is 24.3 Å². The minimum absolute atomic E-state index is 0.0337. The summed E-state index contributed by atoms with van der Waals surface area (Å²) in [5, 5.41) is 11.1. The SMILES string of the molecule is CC(C)COC(=O)c1ccc(NC(=O)CCCC(=O)O)cc1. The predicted molar refractivity (Wildman–Crippen MR) is 81.7 cm³/mol. The van der Waals surface area contributed by atoms with E-state index in [1.807, 2.05) is 13.8 Å². The number of carbonyl (C=O) groups is 3. The Morgan fingerprint density at radius 1 is 1.14 bits per heavy atom. The van der Waals surface area contributed by atoms with E-state index in [-0.39, 0.29) is 24.7 Å². The van der Waals surface area contributed by atoms with Gasteiger partial charge >= 0.3 is 11.9 Å². The van der Waals surface area contributed by atoms with Gasteiger partial charge in [-0.3, -0.25) is 9.59 Å². The second-order valence-corrected chi connectivity index (χ2v) is 5.37. The van der Waals surface area contributed by atoms with Crippen molar-refractivity contribution in [2.24, 2.45) is 5.92 Å². The van der Waals surface area contributed by atoms with Crippen molar-refractivity contribution in [2.45, 2.75) is 33.1 Å². The molecule has 1 aromatic rings. The highest BCUT2D eigenvalue weighted by Crippen LogP contribution is 2.12. The Kier molecular flexibility index (Phi) is 7.08. The molecule has 2 N–H and O–H groups in total. The van der Waals surface area contributed by atoms with E-state index < -0.39 is 11.9 Å². The number of carboxylic acids is 1. The van der Waals surface area contributed by atoms with Gasteiger partial charge in [0.05, 0.1) is 12.2 Å². The molecule has 22 heavy (non-hydrogen) atoms. The predicted octanol–water partition coefficient (Wildman–Crippen LogP) is 2.69. The number of esters is 1. The second kappa shape index (κ2) is 8.81. The molecule has 120 valence electrons.